The van der Waals surface area contributed by atoms with E-state index < -0.39 is 8.07 Å². The van der Waals surface area contributed by atoms with Crippen molar-refractivity contribution >= 4 is 24.0 Å². The van der Waals surface area contributed by atoms with Crippen molar-refractivity contribution in [3.05, 3.63) is 65.4 Å². The smallest absolute Gasteiger partial charge is 0.167 e. The molecule has 1 aliphatic rings. The van der Waals surface area contributed by atoms with Gasteiger partial charge in [-0.1, -0.05) is 50.0 Å². The highest BCUT2D eigenvalue weighted by atomic mass is 79.9. The molecule has 6 nitrogen and oxygen atoms in total. The summed E-state index contributed by atoms with van der Waals surface area (Å²) >= 11 is 3.67. The zero-order chi connectivity index (χ0) is 23.0. The van der Waals surface area contributed by atoms with E-state index in [4.69, 9.17) is 14.5 Å². The van der Waals surface area contributed by atoms with Crippen molar-refractivity contribution in [3.8, 4) is 39.7 Å². The monoisotopic (exact) mass is 522 g/mol. The number of halogens is 1. The number of fused-ring (bicyclic) bond motifs is 3. The first-order valence-electron chi connectivity index (χ1n) is 11.1. The maximum absolute atomic E-state index is 6.10. The molecule has 0 aliphatic carbocycles. The van der Waals surface area contributed by atoms with Crippen LogP contribution in [0, 0.1) is 0 Å². The van der Waals surface area contributed by atoms with Crippen molar-refractivity contribution in [1.82, 2.24) is 19.3 Å². The molecule has 0 saturated carbocycles. The van der Waals surface area contributed by atoms with Crippen LogP contribution in [0.2, 0.25) is 25.7 Å². The third-order valence-corrected chi connectivity index (χ3v) is 8.02. The first kappa shape index (κ1) is 22.1. The molecular formula is C25H27BrN4O2Si. The largest absolute Gasteiger partial charge is 0.472 e. The van der Waals surface area contributed by atoms with E-state index in [1.807, 2.05) is 41.2 Å². The molecule has 3 heterocycles. The van der Waals surface area contributed by atoms with E-state index in [2.05, 4.69) is 69.5 Å². The predicted molar refractivity (Wildman–Crippen MR) is 137 cm³/mol. The van der Waals surface area contributed by atoms with Crippen molar-refractivity contribution in [2.24, 2.45) is 0 Å². The zero-order valence-corrected chi connectivity index (χ0v) is 21.7. The van der Waals surface area contributed by atoms with Crippen LogP contribution in [-0.4, -0.2) is 34.0 Å². The zero-order valence-electron chi connectivity index (χ0n) is 19.1. The van der Waals surface area contributed by atoms with Gasteiger partial charge < -0.3 is 9.47 Å². The third-order valence-electron chi connectivity index (χ3n) is 5.76. The van der Waals surface area contributed by atoms with Gasteiger partial charge in [0.15, 0.2) is 6.73 Å². The standard InChI is InChI=1S/C25H27BrN4O2Si/c1-33(2,3)14-13-31-17-30-21(11-12-27-30)19-9-10-22-20(15-19)25-28-24(26)23(29(25)16-32-22)18-7-5-4-6-8-18/h4-12,15H,13-14,16-17H2,1-3H3. The van der Waals surface area contributed by atoms with E-state index in [-0.39, 0.29) is 0 Å². The van der Waals surface area contributed by atoms with E-state index >= 15 is 0 Å². The van der Waals surface area contributed by atoms with Crippen LogP contribution >= 0.6 is 15.9 Å². The molecule has 33 heavy (non-hydrogen) atoms. The average Bonchev–Trinajstić information content (AvgIpc) is 3.40. The molecule has 0 bridgehead atoms. The van der Waals surface area contributed by atoms with Gasteiger partial charge in [-0.25, -0.2) is 9.67 Å². The summed E-state index contributed by atoms with van der Waals surface area (Å²) in [6, 6.07) is 19.6. The lowest BCUT2D eigenvalue weighted by Crippen LogP contribution is -2.22. The number of hydrogen-bond acceptors (Lipinski definition) is 4. The van der Waals surface area contributed by atoms with Crippen LogP contribution in [0.4, 0.5) is 0 Å². The highest BCUT2D eigenvalue weighted by Crippen LogP contribution is 2.41. The van der Waals surface area contributed by atoms with Crippen molar-refractivity contribution in [2.75, 3.05) is 6.61 Å². The second-order valence-corrected chi connectivity index (χ2v) is 15.8. The SMILES string of the molecule is C[Si](C)(C)CCOCn1nccc1-c1ccc2c(c1)-c1nc(Br)c(-c3ccccc3)n1CO2. The molecular weight excluding hydrogens is 496 g/mol. The lowest BCUT2D eigenvalue weighted by molar-refractivity contribution is 0.0798. The maximum Gasteiger partial charge on any atom is 0.167 e. The molecule has 0 amide bonds. The van der Waals surface area contributed by atoms with E-state index in [0.717, 1.165) is 56.9 Å². The summed E-state index contributed by atoms with van der Waals surface area (Å²) in [7, 11) is -1.12. The van der Waals surface area contributed by atoms with Gasteiger partial charge in [0.05, 0.1) is 17.0 Å². The van der Waals surface area contributed by atoms with Gasteiger partial charge in [-0.2, -0.15) is 5.10 Å². The van der Waals surface area contributed by atoms with Crippen LogP contribution in [0.15, 0.2) is 65.4 Å². The predicted octanol–water partition coefficient (Wildman–Crippen LogP) is 6.51. The Kier molecular flexibility index (Phi) is 5.99. The highest BCUT2D eigenvalue weighted by Gasteiger charge is 2.25. The number of hydrogen-bond donors (Lipinski definition) is 0. The summed E-state index contributed by atoms with van der Waals surface area (Å²) in [5.74, 6) is 1.72. The molecule has 0 radical (unpaired) electrons. The second-order valence-electron chi connectivity index (χ2n) is 9.42. The summed E-state index contributed by atoms with van der Waals surface area (Å²) in [4.78, 5) is 4.85. The summed E-state index contributed by atoms with van der Waals surface area (Å²) in [6.45, 7) is 8.70. The summed E-state index contributed by atoms with van der Waals surface area (Å²) in [6.07, 6.45) is 1.82. The van der Waals surface area contributed by atoms with E-state index in [9.17, 15) is 0 Å². The summed E-state index contributed by atoms with van der Waals surface area (Å²) in [5.41, 5.74) is 5.14. The van der Waals surface area contributed by atoms with Gasteiger partial charge in [-0.05, 0) is 46.2 Å². The Morgan fingerprint density at radius 3 is 2.67 bits per heavy atom. The van der Waals surface area contributed by atoms with E-state index in [1.165, 1.54) is 0 Å². The van der Waals surface area contributed by atoms with Gasteiger partial charge in [0.25, 0.3) is 0 Å². The lowest BCUT2D eigenvalue weighted by Gasteiger charge is -2.22. The van der Waals surface area contributed by atoms with Crippen LogP contribution in [0.5, 0.6) is 5.75 Å². The molecule has 0 N–H and O–H groups in total. The fourth-order valence-electron chi connectivity index (χ4n) is 3.96. The highest BCUT2D eigenvalue weighted by molar-refractivity contribution is 9.10. The Bertz CT molecular complexity index is 1280. The van der Waals surface area contributed by atoms with Crippen molar-refractivity contribution in [3.63, 3.8) is 0 Å². The van der Waals surface area contributed by atoms with Crippen molar-refractivity contribution < 1.29 is 9.47 Å². The normalized spacial score (nSPS) is 12.8. The number of aromatic nitrogens is 4. The third kappa shape index (κ3) is 4.55. The fraction of sp³-hybridized carbons (Fsp3) is 0.280. The maximum atomic E-state index is 6.10. The van der Waals surface area contributed by atoms with Gasteiger partial charge in [-0.15, -0.1) is 0 Å². The molecule has 0 unspecified atom stereocenters. The minimum absolute atomic E-state index is 0.424. The molecule has 5 rings (SSSR count). The fourth-order valence-corrected chi connectivity index (χ4v) is 5.33. The summed E-state index contributed by atoms with van der Waals surface area (Å²) in [5, 5.41) is 4.48. The molecule has 8 heteroatoms. The Morgan fingerprint density at radius 1 is 1.06 bits per heavy atom. The van der Waals surface area contributed by atoms with Crippen LogP contribution in [-0.2, 0) is 18.2 Å². The summed E-state index contributed by atoms with van der Waals surface area (Å²) < 4.78 is 16.9. The second kappa shape index (κ2) is 8.93. The number of nitrogens with zero attached hydrogens (tertiary/aromatic N) is 4. The Morgan fingerprint density at radius 2 is 1.88 bits per heavy atom. The average molecular weight is 524 g/mol. The molecule has 0 atom stereocenters. The quantitative estimate of drug-likeness (QED) is 0.205. The van der Waals surface area contributed by atoms with Crippen molar-refractivity contribution in [2.45, 2.75) is 39.1 Å². The number of rotatable bonds is 7. The first-order valence-corrected chi connectivity index (χ1v) is 15.6. The number of ether oxygens (including phenoxy) is 2. The molecule has 0 spiro atoms. The minimum Gasteiger partial charge on any atom is -0.472 e. The first-order chi connectivity index (χ1) is 15.9. The van der Waals surface area contributed by atoms with Gasteiger partial charge >= 0.3 is 0 Å². The van der Waals surface area contributed by atoms with Gasteiger partial charge in [0.2, 0.25) is 0 Å². The molecule has 2 aromatic carbocycles. The lowest BCUT2D eigenvalue weighted by atomic mass is 10.1. The minimum atomic E-state index is -1.12. The Balaban J connectivity index is 1.45. The molecule has 170 valence electrons. The molecule has 1 aliphatic heterocycles. The van der Waals surface area contributed by atoms with E-state index in [0.29, 0.717) is 13.5 Å². The topological polar surface area (TPSA) is 54.1 Å². The van der Waals surface area contributed by atoms with Crippen LogP contribution in [0.3, 0.4) is 0 Å². The van der Waals surface area contributed by atoms with Crippen molar-refractivity contribution in [1.29, 1.82) is 0 Å². The van der Waals surface area contributed by atoms with Crippen LogP contribution in [0.25, 0.3) is 33.9 Å². The van der Waals surface area contributed by atoms with Crippen LogP contribution < -0.4 is 4.74 Å². The van der Waals surface area contributed by atoms with E-state index in [1.54, 1.807) is 0 Å². The number of imidazole rings is 1. The Hall–Kier alpha value is -2.68. The molecule has 0 fully saturated rings. The van der Waals surface area contributed by atoms with Gasteiger partial charge in [0, 0.05) is 32.0 Å². The molecule has 2 aromatic heterocycles. The van der Waals surface area contributed by atoms with Gasteiger partial charge in [0.1, 0.15) is 22.9 Å². The number of benzene rings is 2. The van der Waals surface area contributed by atoms with Gasteiger partial charge in [-0.3, -0.25) is 4.57 Å². The van der Waals surface area contributed by atoms with Crippen LogP contribution in [0.1, 0.15) is 0 Å². The Labute approximate surface area is 203 Å². The molecule has 4 aromatic rings. The molecule has 0 saturated heterocycles.